The highest BCUT2D eigenvalue weighted by atomic mass is 79.9. The third-order valence-electron chi connectivity index (χ3n) is 3.12. The number of phenolic OH excluding ortho intramolecular Hbond substituents is 1. The number of rotatable bonds is 3. The smallest absolute Gasteiger partial charge is 0.216 e. The summed E-state index contributed by atoms with van der Waals surface area (Å²) in [5, 5.41) is 22.0. The fourth-order valence-corrected chi connectivity index (χ4v) is 3.55. The Kier molecular flexibility index (Phi) is 5.19. The van der Waals surface area contributed by atoms with Gasteiger partial charge in [0.1, 0.15) is 5.75 Å². The van der Waals surface area contributed by atoms with Crippen molar-refractivity contribution in [1.82, 2.24) is 14.9 Å². The number of nitrogens with zero attached hydrogens (tertiary/aromatic N) is 3. The van der Waals surface area contributed by atoms with Gasteiger partial charge in [-0.1, -0.05) is 27.5 Å². The minimum Gasteiger partial charge on any atom is -0.506 e. The molecule has 122 valence electrons. The Morgan fingerprint density at radius 2 is 1.96 bits per heavy atom. The van der Waals surface area contributed by atoms with Gasteiger partial charge >= 0.3 is 0 Å². The van der Waals surface area contributed by atoms with Crippen molar-refractivity contribution in [2.24, 2.45) is 5.10 Å². The van der Waals surface area contributed by atoms with E-state index in [2.05, 4.69) is 47.2 Å². The van der Waals surface area contributed by atoms with E-state index in [1.54, 1.807) is 24.3 Å². The Balaban J connectivity index is 2.04. The Morgan fingerprint density at radius 1 is 1.25 bits per heavy atom. The van der Waals surface area contributed by atoms with Gasteiger partial charge in [-0.3, -0.25) is 0 Å². The molecule has 2 aromatic carbocycles. The largest absolute Gasteiger partial charge is 0.506 e. The van der Waals surface area contributed by atoms with E-state index in [9.17, 15) is 5.11 Å². The molecule has 5 nitrogen and oxygen atoms in total. The van der Waals surface area contributed by atoms with E-state index in [1.807, 2.05) is 12.1 Å². The maximum atomic E-state index is 10.1. The molecule has 0 bridgehead atoms. The summed E-state index contributed by atoms with van der Waals surface area (Å²) in [6, 6.07) is 10.7. The number of hydrogen-bond donors (Lipinski definition) is 2. The lowest BCUT2D eigenvalue weighted by Crippen LogP contribution is -1.95. The lowest BCUT2D eigenvalue weighted by Gasteiger charge is -2.04. The van der Waals surface area contributed by atoms with Crippen molar-refractivity contribution in [2.75, 3.05) is 0 Å². The third kappa shape index (κ3) is 3.61. The molecule has 3 aromatic rings. The third-order valence-corrected chi connectivity index (χ3v) is 4.70. The van der Waals surface area contributed by atoms with Crippen LogP contribution in [0.3, 0.4) is 0 Å². The molecule has 0 fully saturated rings. The first-order chi connectivity index (χ1) is 11.5. The molecule has 0 saturated heterocycles. The van der Waals surface area contributed by atoms with E-state index in [4.69, 9.17) is 23.8 Å². The van der Waals surface area contributed by atoms with E-state index >= 15 is 0 Å². The van der Waals surface area contributed by atoms with Crippen LogP contribution in [0.2, 0.25) is 5.02 Å². The van der Waals surface area contributed by atoms with Crippen molar-refractivity contribution >= 4 is 61.9 Å². The molecule has 0 aliphatic carbocycles. The van der Waals surface area contributed by atoms with Crippen LogP contribution < -0.4 is 0 Å². The van der Waals surface area contributed by atoms with Gasteiger partial charge < -0.3 is 5.11 Å². The molecule has 0 spiro atoms. The highest BCUT2D eigenvalue weighted by Gasteiger charge is 2.09. The number of benzene rings is 2. The van der Waals surface area contributed by atoms with Crippen LogP contribution >= 0.6 is 55.7 Å². The summed E-state index contributed by atoms with van der Waals surface area (Å²) >= 11 is 17.8. The average Bonchev–Trinajstić information content (AvgIpc) is 2.91. The molecule has 0 aliphatic rings. The van der Waals surface area contributed by atoms with Crippen LogP contribution in [0.1, 0.15) is 5.56 Å². The molecule has 1 heterocycles. The number of phenols is 1. The van der Waals surface area contributed by atoms with E-state index in [-0.39, 0.29) is 5.75 Å². The molecule has 0 unspecified atom stereocenters. The Morgan fingerprint density at radius 3 is 2.67 bits per heavy atom. The topological polar surface area (TPSA) is 66.2 Å². The zero-order chi connectivity index (χ0) is 17.3. The van der Waals surface area contributed by atoms with Gasteiger partial charge in [-0.25, -0.2) is 5.10 Å². The van der Waals surface area contributed by atoms with Crippen molar-refractivity contribution in [1.29, 1.82) is 0 Å². The standard InChI is InChI=1S/C15H9Br2ClN4OS/c16-10-5-9(13(23)12(17)6-10)7-19-22-14(20-21-15(22)24)8-1-3-11(18)4-2-8/h1-7,23H,(H,21,24). The zero-order valence-corrected chi connectivity index (χ0v) is 16.6. The molecule has 9 heteroatoms. The fourth-order valence-electron chi connectivity index (χ4n) is 1.99. The molecule has 3 rings (SSSR count). The predicted molar refractivity (Wildman–Crippen MR) is 104 cm³/mol. The number of halogens is 3. The van der Waals surface area contributed by atoms with Gasteiger partial charge in [-0.05, 0) is 64.5 Å². The Labute approximate surface area is 164 Å². The van der Waals surface area contributed by atoms with Crippen LogP contribution in [-0.2, 0) is 0 Å². The van der Waals surface area contributed by atoms with Crippen molar-refractivity contribution in [3.8, 4) is 17.1 Å². The van der Waals surface area contributed by atoms with Gasteiger partial charge in [0, 0.05) is 20.6 Å². The van der Waals surface area contributed by atoms with Gasteiger partial charge in [-0.15, -0.1) is 0 Å². The summed E-state index contributed by atoms with van der Waals surface area (Å²) in [4.78, 5) is 0. The summed E-state index contributed by atoms with van der Waals surface area (Å²) in [6.07, 6.45) is 1.51. The lowest BCUT2D eigenvalue weighted by atomic mass is 10.2. The number of aromatic hydroxyl groups is 1. The molecule has 24 heavy (non-hydrogen) atoms. The van der Waals surface area contributed by atoms with Gasteiger partial charge in [-0.2, -0.15) is 14.9 Å². The SMILES string of the molecule is Oc1c(Br)cc(Br)cc1C=Nn1c(-c2ccc(Cl)cc2)n[nH]c1=S. The Bertz CT molecular complexity index is 982. The predicted octanol–water partition coefficient (Wildman–Crippen LogP) is 5.37. The summed E-state index contributed by atoms with van der Waals surface area (Å²) in [5.41, 5.74) is 1.34. The quantitative estimate of drug-likeness (QED) is 0.385. The van der Waals surface area contributed by atoms with Crippen LogP contribution in [-0.4, -0.2) is 26.2 Å². The van der Waals surface area contributed by atoms with Crippen molar-refractivity contribution in [3.05, 3.63) is 60.7 Å². The molecule has 0 saturated carbocycles. The molecular weight excluding hydrogens is 480 g/mol. The second kappa shape index (κ2) is 7.18. The molecule has 0 aliphatic heterocycles. The first kappa shape index (κ1) is 17.3. The van der Waals surface area contributed by atoms with E-state index < -0.39 is 0 Å². The first-order valence-electron chi connectivity index (χ1n) is 6.61. The van der Waals surface area contributed by atoms with Crippen LogP contribution in [0.4, 0.5) is 0 Å². The van der Waals surface area contributed by atoms with Gasteiger partial charge in [0.2, 0.25) is 4.77 Å². The molecular formula is C15H9Br2ClN4OS. The monoisotopic (exact) mass is 486 g/mol. The first-order valence-corrected chi connectivity index (χ1v) is 8.98. The van der Waals surface area contributed by atoms with Crippen LogP contribution in [0, 0.1) is 4.77 Å². The van der Waals surface area contributed by atoms with Gasteiger partial charge in [0.25, 0.3) is 0 Å². The summed E-state index contributed by atoms with van der Waals surface area (Å²) in [7, 11) is 0. The number of aromatic amines is 1. The molecule has 0 radical (unpaired) electrons. The highest BCUT2D eigenvalue weighted by Crippen LogP contribution is 2.30. The molecule has 2 N–H and O–H groups in total. The second-order valence-electron chi connectivity index (χ2n) is 4.74. The summed E-state index contributed by atoms with van der Waals surface area (Å²) in [5.74, 6) is 0.631. The minimum atomic E-state index is 0.0880. The van der Waals surface area contributed by atoms with Crippen LogP contribution in [0.5, 0.6) is 5.75 Å². The Hall–Kier alpha value is -1.48. The summed E-state index contributed by atoms with van der Waals surface area (Å²) < 4.78 is 3.19. The van der Waals surface area contributed by atoms with E-state index in [0.29, 0.717) is 25.7 Å². The second-order valence-corrected chi connectivity index (χ2v) is 7.33. The fraction of sp³-hybridized carbons (Fsp3) is 0. The number of hydrogen-bond acceptors (Lipinski definition) is 4. The lowest BCUT2D eigenvalue weighted by molar-refractivity contribution is 0.471. The van der Waals surface area contributed by atoms with Crippen LogP contribution in [0.25, 0.3) is 11.4 Å². The molecule has 0 atom stereocenters. The van der Waals surface area contributed by atoms with Crippen molar-refractivity contribution in [3.63, 3.8) is 0 Å². The van der Waals surface area contributed by atoms with Gasteiger partial charge in [0.15, 0.2) is 5.82 Å². The normalized spacial score (nSPS) is 11.3. The van der Waals surface area contributed by atoms with E-state index in [0.717, 1.165) is 10.0 Å². The zero-order valence-electron chi connectivity index (χ0n) is 11.9. The molecule has 1 aromatic heterocycles. The van der Waals surface area contributed by atoms with Gasteiger partial charge in [0.05, 0.1) is 10.7 Å². The van der Waals surface area contributed by atoms with Crippen molar-refractivity contribution < 1.29 is 5.11 Å². The van der Waals surface area contributed by atoms with E-state index in [1.165, 1.54) is 10.9 Å². The number of nitrogens with one attached hydrogen (secondary N) is 1. The van der Waals surface area contributed by atoms with Crippen molar-refractivity contribution in [2.45, 2.75) is 0 Å². The number of aromatic nitrogens is 3. The molecule has 0 amide bonds. The maximum Gasteiger partial charge on any atom is 0.216 e. The average molecular weight is 489 g/mol. The maximum absolute atomic E-state index is 10.1. The summed E-state index contributed by atoms with van der Waals surface area (Å²) in [6.45, 7) is 0. The minimum absolute atomic E-state index is 0.0880. The van der Waals surface area contributed by atoms with Crippen LogP contribution in [0.15, 0.2) is 50.4 Å². The number of H-pyrrole nitrogens is 1. The highest BCUT2D eigenvalue weighted by molar-refractivity contribution is 9.11.